The second kappa shape index (κ2) is 7.02. The predicted molar refractivity (Wildman–Crippen MR) is 79.4 cm³/mol. The minimum Gasteiger partial charge on any atom is -0.481 e. The molecule has 1 aromatic carbocycles. The second-order valence-corrected chi connectivity index (χ2v) is 6.08. The van der Waals surface area contributed by atoms with Gasteiger partial charge in [0.05, 0.1) is 5.92 Å². The van der Waals surface area contributed by atoms with E-state index in [9.17, 15) is 14.0 Å². The predicted octanol–water partition coefficient (Wildman–Crippen LogP) is 2.84. The van der Waals surface area contributed by atoms with E-state index in [1.807, 2.05) is 0 Å². The van der Waals surface area contributed by atoms with Gasteiger partial charge < -0.3 is 10.0 Å². The molecule has 0 saturated carbocycles. The fourth-order valence-corrected chi connectivity index (χ4v) is 2.96. The molecule has 1 saturated heterocycles. The summed E-state index contributed by atoms with van der Waals surface area (Å²) in [4.78, 5) is 24.7. The number of carbonyl (C=O) groups excluding carboxylic acids is 1. The summed E-state index contributed by atoms with van der Waals surface area (Å²) in [5, 5.41) is 8.93. The molecular formula is C15H17BrFNO3. The lowest BCUT2D eigenvalue weighted by molar-refractivity contribution is -0.145. The molecular weight excluding hydrogens is 341 g/mol. The van der Waals surface area contributed by atoms with Gasteiger partial charge in [-0.3, -0.25) is 9.59 Å². The highest BCUT2D eigenvalue weighted by molar-refractivity contribution is 9.10. The topological polar surface area (TPSA) is 57.6 Å². The Labute approximate surface area is 131 Å². The Hall–Kier alpha value is -1.43. The number of carbonyl (C=O) groups is 2. The highest BCUT2D eigenvalue weighted by Crippen LogP contribution is 2.21. The lowest BCUT2D eigenvalue weighted by atomic mass is 9.96. The zero-order chi connectivity index (χ0) is 15.4. The van der Waals surface area contributed by atoms with E-state index in [1.165, 1.54) is 12.1 Å². The minimum atomic E-state index is -0.786. The summed E-state index contributed by atoms with van der Waals surface area (Å²) in [6, 6.07) is 4.42. The number of amides is 1. The van der Waals surface area contributed by atoms with Crippen molar-refractivity contribution >= 4 is 27.8 Å². The van der Waals surface area contributed by atoms with Crippen LogP contribution in [0.1, 0.15) is 24.8 Å². The van der Waals surface area contributed by atoms with E-state index < -0.39 is 5.97 Å². The third-order valence-electron chi connectivity index (χ3n) is 3.81. The monoisotopic (exact) mass is 357 g/mol. The maximum absolute atomic E-state index is 13.2. The largest absolute Gasteiger partial charge is 0.481 e. The number of hydrogen-bond acceptors (Lipinski definition) is 2. The Morgan fingerprint density at radius 3 is 2.62 bits per heavy atom. The van der Waals surface area contributed by atoms with E-state index in [2.05, 4.69) is 15.9 Å². The summed E-state index contributed by atoms with van der Waals surface area (Å²) in [7, 11) is 0. The number of halogens is 2. The van der Waals surface area contributed by atoms with Crippen molar-refractivity contribution in [3.63, 3.8) is 0 Å². The lowest BCUT2D eigenvalue weighted by Crippen LogP contribution is -2.40. The van der Waals surface area contributed by atoms with Crippen molar-refractivity contribution in [1.29, 1.82) is 0 Å². The number of aliphatic carboxylic acids is 1. The van der Waals surface area contributed by atoms with E-state index in [4.69, 9.17) is 5.11 Å². The number of carboxylic acid groups (broad SMARTS) is 1. The van der Waals surface area contributed by atoms with Gasteiger partial charge in [0.15, 0.2) is 0 Å². The molecule has 1 aromatic rings. The molecule has 4 nitrogen and oxygen atoms in total. The first kappa shape index (κ1) is 15.9. The maximum Gasteiger partial charge on any atom is 0.306 e. The average Bonchev–Trinajstić information content (AvgIpc) is 2.48. The van der Waals surface area contributed by atoms with Crippen molar-refractivity contribution in [2.75, 3.05) is 13.1 Å². The van der Waals surface area contributed by atoms with Crippen molar-refractivity contribution < 1.29 is 19.1 Å². The van der Waals surface area contributed by atoms with Crippen LogP contribution in [0.3, 0.4) is 0 Å². The highest BCUT2D eigenvalue weighted by Gasteiger charge is 2.26. The van der Waals surface area contributed by atoms with Crippen molar-refractivity contribution in [2.24, 2.45) is 5.92 Å². The summed E-state index contributed by atoms with van der Waals surface area (Å²) in [6.45, 7) is 0.972. The third-order valence-corrected chi connectivity index (χ3v) is 4.59. The fraction of sp³-hybridized carbons (Fsp3) is 0.467. The molecule has 1 amide bonds. The van der Waals surface area contributed by atoms with Crippen LogP contribution < -0.4 is 0 Å². The van der Waals surface area contributed by atoms with Gasteiger partial charge in [0.25, 0.3) is 0 Å². The van der Waals surface area contributed by atoms with E-state index in [0.717, 1.165) is 10.0 Å². The van der Waals surface area contributed by atoms with Gasteiger partial charge in [-0.05, 0) is 43.0 Å². The summed E-state index contributed by atoms with van der Waals surface area (Å²) in [5.41, 5.74) is 0.767. The fourth-order valence-electron chi connectivity index (χ4n) is 2.51. The molecule has 0 aliphatic carbocycles. The normalized spacial score (nSPS) is 16.0. The van der Waals surface area contributed by atoms with Crippen LogP contribution in [0.25, 0.3) is 0 Å². The summed E-state index contributed by atoms with van der Waals surface area (Å²) in [6.07, 6.45) is 1.78. The molecule has 114 valence electrons. The number of carboxylic acids is 1. The molecule has 6 heteroatoms. The molecule has 0 radical (unpaired) electrons. The smallest absolute Gasteiger partial charge is 0.306 e. The molecule has 0 unspecified atom stereocenters. The van der Waals surface area contributed by atoms with Gasteiger partial charge in [-0.2, -0.15) is 0 Å². The van der Waals surface area contributed by atoms with Gasteiger partial charge in [0, 0.05) is 24.0 Å². The average molecular weight is 358 g/mol. The SMILES string of the molecule is O=C(O)C1CCN(C(=O)CCc2cc(F)ccc2Br)CC1. The standard InChI is InChI=1S/C15H17BrFNO3/c16-13-3-2-12(17)9-11(13)1-4-14(19)18-7-5-10(6-8-18)15(20)21/h2-3,9-10H,1,4-8H2,(H,20,21). The molecule has 0 bridgehead atoms. The number of hydrogen-bond donors (Lipinski definition) is 1. The third kappa shape index (κ3) is 4.27. The first-order valence-electron chi connectivity index (χ1n) is 6.92. The second-order valence-electron chi connectivity index (χ2n) is 5.23. The van der Waals surface area contributed by atoms with Crippen LogP contribution in [-0.4, -0.2) is 35.0 Å². The lowest BCUT2D eigenvalue weighted by Gasteiger charge is -2.30. The number of piperidine rings is 1. The van der Waals surface area contributed by atoms with Crippen molar-refractivity contribution in [2.45, 2.75) is 25.7 Å². The van der Waals surface area contributed by atoms with E-state index in [-0.39, 0.29) is 17.6 Å². The number of aryl methyl sites for hydroxylation is 1. The van der Waals surface area contributed by atoms with Gasteiger partial charge in [-0.25, -0.2) is 4.39 Å². The molecule has 1 heterocycles. The molecule has 1 aliphatic heterocycles. The van der Waals surface area contributed by atoms with Crippen molar-refractivity contribution in [3.8, 4) is 0 Å². The first-order chi connectivity index (χ1) is 9.97. The van der Waals surface area contributed by atoms with Crippen LogP contribution in [0.15, 0.2) is 22.7 Å². The number of benzene rings is 1. The van der Waals surface area contributed by atoms with E-state index >= 15 is 0 Å². The van der Waals surface area contributed by atoms with Gasteiger partial charge >= 0.3 is 5.97 Å². The van der Waals surface area contributed by atoms with E-state index in [1.54, 1.807) is 11.0 Å². The molecule has 0 spiro atoms. The Balaban J connectivity index is 1.85. The van der Waals surface area contributed by atoms with Crippen LogP contribution in [-0.2, 0) is 16.0 Å². The van der Waals surface area contributed by atoms with Crippen LogP contribution >= 0.6 is 15.9 Å². The Morgan fingerprint density at radius 1 is 1.33 bits per heavy atom. The zero-order valence-corrected chi connectivity index (χ0v) is 13.1. The molecule has 1 fully saturated rings. The van der Waals surface area contributed by atoms with Crippen molar-refractivity contribution in [3.05, 3.63) is 34.1 Å². The summed E-state index contributed by atoms with van der Waals surface area (Å²) in [5.74, 6) is -1.45. The molecule has 2 rings (SSSR count). The Bertz CT molecular complexity index is 542. The Kier molecular flexibility index (Phi) is 5.33. The molecule has 0 aromatic heterocycles. The van der Waals surface area contributed by atoms with Crippen molar-refractivity contribution in [1.82, 2.24) is 4.90 Å². The van der Waals surface area contributed by atoms with Gasteiger partial charge in [0.1, 0.15) is 5.82 Å². The summed E-state index contributed by atoms with van der Waals surface area (Å²) < 4.78 is 14.0. The Morgan fingerprint density at radius 2 is 2.00 bits per heavy atom. The quantitative estimate of drug-likeness (QED) is 0.901. The molecule has 0 atom stereocenters. The van der Waals surface area contributed by atoms with Gasteiger partial charge in [-0.15, -0.1) is 0 Å². The molecule has 1 aliphatic rings. The maximum atomic E-state index is 13.2. The molecule has 21 heavy (non-hydrogen) atoms. The number of rotatable bonds is 4. The van der Waals surface area contributed by atoms with E-state index in [0.29, 0.717) is 38.8 Å². The molecule has 1 N–H and O–H groups in total. The highest BCUT2D eigenvalue weighted by atomic mass is 79.9. The summed E-state index contributed by atoms with van der Waals surface area (Å²) >= 11 is 3.34. The van der Waals surface area contributed by atoms with Gasteiger partial charge in [0.2, 0.25) is 5.91 Å². The number of likely N-dealkylation sites (tertiary alicyclic amines) is 1. The van der Waals surface area contributed by atoms with Crippen LogP contribution in [0, 0.1) is 11.7 Å². The minimum absolute atomic E-state index is 0.00463. The zero-order valence-electron chi connectivity index (χ0n) is 11.5. The van der Waals surface area contributed by atoms with Gasteiger partial charge in [-0.1, -0.05) is 15.9 Å². The van der Waals surface area contributed by atoms with Crippen LogP contribution in [0.4, 0.5) is 4.39 Å². The van der Waals surface area contributed by atoms with Crippen LogP contribution in [0.2, 0.25) is 0 Å². The number of nitrogens with zero attached hydrogens (tertiary/aromatic N) is 1. The first-order valence-corrected chi connectivity index (χ1v) is 7.71. The van der Waals surface area contributed by atoms with Crippen LogP contribution in [0.5, 0.6) is 0 Å².